The third-order valence-electron chi connectivity index (χ3n) is 5.94. The third-order valence-corrected chi connectivity index (χ3v) is 5.94. The van der Waals surface area contributed by atoms with Crippen LogP contribution in [0.4, 0.5) is 0 Å². The summed E-state index contributed by atoms with van der Waals surface area (Å²) in [5, 5.41) is 16.1. The average Bonchev–Trinajstić information content (AvgIpc) is 2.78. The van der Waals surface area contributed by atoms with E-state index in [0.717, 1.165) is 83.9 Å². The van der Waals surface area contributed by atoms with Crippen LogP contribution >= 0.6 is 0 Å². The van der Waals surface area contributed by atoms with Crippen LogP contribution in [0.15, 0.2) is 35.3 Å². The molecule has 0 amide bonds. The van der Waals surface area contributed by atoms with E-state index in [1.54, 1.807) is 0 Å². The van der Waals surface area contributed by atoms with Crippen LogP contribution in [0.2, 0.25) is 0 Å². The summed E-state index contributed by atoms with van der Waals surface area (Å²) in [5.41, 5.74) is 1.39. The van der Waals surface area contributed by atoms with Crippen molar-refractivity contribution in [2.24, 2.45) is 16.8 Å². The molecule has 0 aromatic heterocycles. The molecule has 2 rings (SSSR count). The minimum absolute atomic E-state index is 0.236. The molecule has 0 bridgehead atoms. The number of aliphatic hydroxyl groups excluding tert-OH is 1. The molecule has 0 aliphatic carbocycles. The molecule has 1 aliphatic rings. The van der Waals surface area contributed by atoms with Crippen molar-refractivity contribution in [2.75, 3.05) is 45.9 Å². The van der Waals surface area contributed by atoms with Gasteiger partial charge in [-0.05, 0) is 56.4 Å². The Labute approximate surface area is 195 Å². The van der Waals surface area contributed by atoms with Gasteiger partial charge in [-0.1, -0.05) is 44.2 Å². The first kappa shape index (κ1) is 26.6. The maximum atomic E-state index is 9.31. The molecule has 1 aromatic carbocycles. The second kappa shape index (κ2) is 16.1. The number of aliphatic imine (C=N–C) groups is 1. The number of hydrogen-bond donors (Lipinski definition) is 3. The van der Waals surface area contributed by atoms with Gasteiger partial charge in [0.1, 0.15) is 0 Å². The predicted molar refractivity (Wildman–Crippen MR) is 134 cm³/mol. The second-order valence-electron chi connectivity index (χ2n) is 9.34. The molecule has 1 fully saturated rings. The van der Waals surface area contributed by atoms with Crippen molar-refractivity contribution in [3.8, 4) is 0 Å². The third kappa shape index (κ3) is 11.3. The van der Waals surface area contributed by atoms with Gasteiger partial charge in [-0.25, -0.2) is 0 Å². The molecule has 6 nitrogen and oxygen atoms in total. The number of benzene rings is 1. The van der Waals surface area contributed by atoms with Crippen molar-refractivity contribution in [1.82, 2.24) is 15.5 Å². The molecular formula is C26H46N4O2. The predicted octanol–water partition coefficient (Wildman–Crippen LogP) is 3.66. The summed E-state index contributed by atoms with van der Waals surface area (Å²) >= 11 is 0. The van der Waals surface area contributed by atoms with Crippen molar-refractivity contribution in [3.63, 3.8) is 0 Å². The van der Waals surface area contributed by atoms with Crippen LogP contribution in [0.5, 0.6) is 0 Å². The van der Waals surface area contributed by atoms with Gasteiger partial charge < -0.3 is 20.5 Å². The van der Waals surface area contributed by atoms with E-state index in [4.69, 9.17) is 9.73 Å². The zero-order valence-electron chi connectivity index (χ0n) is 20.6. The molecule has 0 saturated carbocycles. The van der Waals surface area contributed by atoms with E-state index in [9.17, 15) is 5.11 Å². The van der Waals surface area contributed by atoms with Crippen molar-refractivity contribution >= 4 is 5.96 Å². The summed E-state index contributed by atoms with van der Waals surface area (Å²) in [6.45, 7) is 13.3. The van der Waals surface area contributed by atoms with Gasteiger partial charge >= 0.3 is 0 Å². The Morgan fingerprint density at radius 3 is 2.59 bits per heavy atom. The quantitative estimate of drug-likeness (QED) is 0.231. The summed E-state index contributed by atoms with van der Waals surface area (Å²) in [6, 6.07) is 10.7. The van der Waals surface area contributed by atoms with Gasteiger partial charge in [0, 0.05) is 52.5 Å². The Kier molecular flexibility index (Phi) is 13.4. The topological polar surface area (TPSA) is 69.1 Å². The van der Waals surface area contributed by atoms with Crippen molar-refractivity contribution in [1.29, 1.82) is 0 Å². The Bertz CT molecular complexity index is 616. The Hall–Kier alpha value is -1.63. The molecule has 32 heavy (non-hydrogen) atoms. The van der Waals surface area contributed by atoms with Crippen LogP contribution in [0, 0.1) is 11.8 Å². The lowest BCUT2D eigenvalue weighted by atomic mass is 9.94. The lowest BCUT2D eigenvalue weighted by Crippen LogP contribution is -2.39. The Morgan fingerprint density at radius 1 is 1.19 bits per heavy atom. The first-order valence-electron chi connectivity index (χ1n) is 12.6. The number of aliphatic hydroxyl groups is 1. The van der Waals surface area contributed by atoms with Gasteiger partial charge in [0.05, 0.1) is 6.10 Å². The number of guanidine groups is 1. The first-order chi connectivity index (χ1) is 15.6. The number of nitrogens with one attached hydrogen (secondary N) is 2. The van der Waals surface area contributed by atoms with E-state index in [1.807, 2.05) is 0 Å². The van der Waals surface area contributed by atoms with Gasteiger partial charge in [0.15, 0.2) is 5.96 Å². The van der Waals surface area contributed by atoms with Gasteiger partial charge in [-0.2, -0.15) is 0 Å². The highest BCUT2D eigenvalue weighted by molar-refractivity contribution is 5.79. The molecule has 1 aromatic rings. The molecule has 0 radical (unpaired) electrons. The molecule has 0 spiro atoms. The second-order valence-corrected chi connectivity index (χ2v) is 9.34. The van der Waals surface area contributed by atoms with E-state index in [2.05, 4.69) is 66.6 Å². The highest BCUT2D eigenvalue weighted by Crippen LogP contribution is 2.17. The van der Waals surface area contributed by atoms with E-state index in [0.29, 0.717) is 17.9 Å². The fourth-order valence-electron chi connectivity index (χ4n) is 4.30. The minimum Gasteiger partial charge on any atom is -0.396 e. The average molecular weight is 447 g/mol. The van der Waals surface area contributed by atoms with Crippen LogP contribution in [0.3, 0.4) is 0 Å². The first-order valence-corrected chi connectivity index (χ1v) is 12.6. The smallest absolute Gasteiger partial charge is 0.191 e. The number of nitrogens with zero attached hydrogens (tertiary/aromatic N) is 2. The molecule has 3 N–H and O–H groups in total. The standard InChI is InChI=1S/C26H46N4O2/c1-4-27-26(29-20-24(13-17-31)19-22(2)3)28-14-8-18-32-25-11-15-30(16-12-25)21-23-9-6-5-7-10-23/h5-7,9-10,22,24-25,31H,4,8,11-21H2,1-3H3,(H2,27,28,29). The molecule has 182 valence electrons. The van der Waals surface area contributed by atoms with E-state index in [-0.39, 0.29) is 6.61 Å². The number of hydrogen-bond acceptors (Lipinski definition) is 4. The SMILES string of the molecule is CCNC(=NCC(CCO)CC(C)C)NCCCOC1CCN(Cc2ccccc2)CC1. The Balaban J connectivity index is 1.60. The zero-order chi connectivity index (χ0) is 23.0. The van der Waals surface area contributed by atoms with Gasteiger partial charge in [-0.3, -0.25) is 9.89 Å². The summed E-state index contributed by atoms with van der Waals surface area (Å²) < 4.78 is 6.14. The highest BCUT2D eigenvalue weighted by atomic mass is 16.5. The summed E-state index contributed by atoms with van der Waals surface area (Å²) in [7, 11) is 0. The van der Waals surface area contributed by atoms with Crippen molar-refractivity contribution in [2.45, 2.75) is 65.5 Å². The van der Waals surface area contributed by atoms with Crippen molar-refractivity contribution < 1.29 is 9.84 Å². The molecule has 6 heteroatoms. The van der Waals surface area contributed by atoms with Crippen LogP contribution < -0.4 is 10.6 Å². The number of likely N-dealkylation sites (tertiary alicyclic amines) is 1. The van der Waals surface area contributed by atoms with E-state index < -0.39 is 0 Å². The van der Waals surface area contributed by atoms with Crippen LogP contribution in [-0.2, 0) is 11.3 Å². The van der Waals surface area contributed by atoms with Crippen LogP contribution in [0.25, 0.3) is 0 Å². The van der Waals surface area contributed by atoms with Crippen molar-refractivity contribution in [3.05, 3.63) is 35.9 Å². The zero-order valence-corrected chi connectivity index (χ0v) is 20.6. The maximum absolute atomic E-state index is 9.31. The molecule has 1 atom stereocenters. The molecule has 1 unspecified atom stereocenters. The fraction of sp³-hybridized carbons (Fsp3) is 0.731. The van der Waals surface area contributed by atoms with E-state index in [1.165, 1.54) is 5.56 Å². The van der Waals surface area contributed by atoms with Crippen LogP contribution in [0.1, 0.15) is 58.4 Å². The highest BCUT2D eigenvalue weighted by Gasteiger charge is 2.19. The van der Waals surface area contributed by atoms with Gasteiger partial charge in [0.2, 0.25) is 0 Å². The molecule has 1 heterocycles. The number of rotatable bonds is 14. The maximum Gasteiger partial charge on any atom is 0.191 e. The summed E-state index contributed by atoms with van der Waals surface area (Å²) in [4.78, 5) is 7.28. The normalized spacial score (nSPS) is 17.0. The monoisotopic (exact) mass is 446 g/mol. The molecular weight excluding hydrogens is 400 g/mol. The van der Waals surface area contributed by atoms with Gasteiger partial charge in [-0.15, -0.1) is 0 Å². The summed E-state index contributed by atoms with van der Waals surface area (Å²) in [5.74, 6) is 1.93. The number of piperidine rings is 1. The molecule has 1 saturated heterocycles. The van der Waals surface area contributed by atoms with Crippen LogP contribution in [-0.4, -0.2) is 68.0 Å². The Morgan fingerprint density at radius 2 is 1.94 bits per heavy atom. The lowest BCUT2D eigenvalue weighted by molar-refractivity contribution is 0.00534. The fourth-order valence-corrected chi connectivity index (χ4v) is 4.30. The largest absolute Gasteiger partial charge is 0.396 e. The summed E-state index contributed by atoms with van der Waals surface area (Å²) in [6.07, 6.45) is 5.51. The number of ether oxygens (including phenoxy) is 1. The minimum atomic E-state index is 0.236. The van der Waals surface area contributed by atoms with E-state index >= 15 is 0 Å². The lowest BCUT2D eigenvalue weighted by Gasteiger charge is -2.32. The molecule has 1 aliphatic heterocycles. The van der Waals surface area contributed by atoms with Gasteiger partial charge in [0.25, 0.3) is 0 Å².